The van der Waals surface area contributed by atoms with Crippen LogP contribution in [0.3, 0.4) is 0 Å². The van der Waals surface area contributed by atoms with E-state index in [0.717, 1.165) is 18.4 Å². The summed E-state index contributed by atoms with van der Waals surface area (Å²) < 4.78 is 0. The number of benzene rings is 1. The lowest BCUT2D eigenvalue weighted by Gasteiger charge is -2.36. The van der Waals surface area contributed by atoms with Crippen LogP contribution >= 0.6 is 0 Å². The molecule has 2 rings (SSSR count). The number of nitrogens with two attached hydrogens (primary N) is 1. The molecule has 15 heavy (non-hydrogen) atoms. The summed E-state index contributed by atoms with van der Waals surface area (Å²) >= 11 is 0. The Morgan fingerprint density at radius 1 is 1.07 bits per heavy atom. The Hall–Kier alpha value is -0.820. The van der Waals surface area contributed by atoms with E-state index in [-0.39, 0.29) is 0 Å². The Labute approximate surface area is 92.7 Å². The first-order valence-corrected chi connectivity index (χ1v) is 5.96. The highest BCUT2D eigenvalue weighted by molar-refractivity contribution is 5.29. The maximum absolute atomic E-state index is 5.74. The quantitative estimate of drug-likeness (QED) is 0.803. The topological polar surface area (TPSA) is 26.0 Å². The molecule has 1 aliphatic carbocycles. The second-order valence-electron chi connectivity index (χ2n) is 5.03. The van der Waals surface area contributed by atoms with E-state index in [4.69, 9.17) is 5.73 Å². The first-order chi connectivity index (χ1) is 7.19. The fourth-order valence-electron chi connectivity index (χ4n) is 2.71. The van der Waals surface area contributed by atoms with E-state index in [2.05, 4.69) is 32.0 Å². The van der Waals surface area contributed by atoms with Crippen molar-refractivity contribution < 1.29 is 0 Å². The van der Waals surface area contributed by atoms with Crippen molar-refractivity contribution in [1.29, 1.82) is 0 Å². The molecule has 1 fully saturated rings. The molecule has 0 bridgehead atoms. The molecule has 1 heteroatoms. The molecule has 2 atom stereocenters. The molecule has 2 N–H and O–H groups in total. The third kappa shape index (κ3) is 2.40. The molecule has 1 nitrogen and oxygen atoms in total. The minimum atomic E-state index is 0.783. The molecule has 1 aliphatic rings. The molecule has 0 amide bonds. The average molecular weight is 203 g/mol. The summed E-state index contributed by atoms with van der Waals surface area (Å²) in [6.07, 6.45) is 3.94. The molecule has 82 valence electrons. The van der Waals surface area contributed by atoms with Crippen molar-refractivity contribution in [1.82, 2.24) is 0 Å². The molecule has 0 aliphatic heterocycles. The smallest absolute Gasteiger partial charge is 0.00461 e. The summed E-state index contributed by atoms with van der Waals surface area (Å²) in [6.45, 7) is 5.23. The lowest BCUT2D eigenvalue weighted by Crippen LogP contribution is -2.33. The highest BCUT2D eigenvalue weighted by Gasteiger charge is 2.29. The zero-order valence-corrected chi connectivity index (χ0v) is 9.79. The van der Waals surface area contributed by atoms with Gasteiger partial charge in [0.05, 0.1) is 0 Å². The SMILES string of the molecule is Cc1cc(C)cc(CC2CCC2CN)c1. The summed E-state index contributed by atoms with van der Waals surface area (Å²) in [7, 11) is 0. The van der Waals surface area contributed by atoms with Gasteiger partial charge >= 0.3 is 0 Å². The molecule has 1 aromatic rings. The van der Waals surface area contributed by atoms with E-state index in [1.54, 1.807) is 0 Å². The van der Waals surface area contributed by atoms with Gasteiger partial charge in [0.1, 0.15) is 0 Å². The van der Waals surface area contributed by atoms with Gasteiger partial charge in [0, 0.05) is 0 Å². The Morgan fingerprint density at radius 3 is 2.13 bits per heavy atom. The highest BCUT2D eigenvalue weighted by Crippen LogP contribution is 2.36. The van der Waals surface area contributed by atoms with Crippen LogP contribution in [-0.4, -0.2) is 6.54 Å². The van der Waals surface area contributed by atoms with Crippen LogP contribution in [0.4, 0.5) is 0 Å². The van der Waals surface area contributed by atoms with Crippen molar-refractivity contribution in [3.8, 4) is 0 Å². The summed E-state index contributed by atoms with van der Waals surface area (Å²) in [6, 6.07) is 6.88. The van der Waals surface area contributed by atoms with E-state index in [1.165, 1.54) is 36.0 Å². The number of hydrogen-bond donors (Lipinski definition) is 1. The second kappa shape index (κ2) is 4.36. The first-order valence-electron chi connectivity index (χ1n) is 5.96. The fourth-order valence-corrected chi connectivity index (χ4v) is 2.71. The summed E-state index contributed by atoms with van der Waals surface area (Å²) in [4.78, 5) is 0. The lowest BCUT2D eigenvalue weighted by atomic mass is 9.71. The third-order valence-electron chi connectivity index (χ3n) is 3.66. The van der Waals surface area contributed by atoms with Crippen LogP contribution in [0.15, 0.2) is 18.2 Å². The molecule has 0 saturated heterocycles. The van der Waals surface area contributed by atoms with Gasteiger partial charge in [0.25, 0.3) is 0 Å². The number of rotatable bonds is 3. The summed E-state index contributed by atoms with van der Waals surface area (Å²) in [5, 5.41) is 0. The number of hydrogen-bond acceptors (Lipinski definition) is 1. The van der Waals surface area contributed by atoms with E-state index >= 15 is 0 Å². The monoisotopic (exact) mass is 203 g/mol. The highest BCUT2D eigenvalue weighted by atomic mass is 14.6. The van der Waals surface area contributed by atoms with Gasteiger partial charge in [-0.2, -0.15) is 0 Å². The molecule has 0 spiro atoms. The van der Waals surface area contributed by atoms with E-state index in [9.17, 15) is 0 Å². The molecule has 1 aromatic carbocycles. The Bertz CT molecular complexity index is 321. The van der Waals surface area contributed by atoms with Gasteiger partial charge in [0.15, 0.2) is 0 Å². The van der Waals surface area contributed by atoms with Crippen molar-refractivity contribution in [3.05, 3.63) is 34.9 Å². The lowest BCUT2D eigenvalue weighted by molar-refractivity contribution is 0.183. The van der Waals surface area contributed by atoms with Crippen molar-refractivity contribution in [2.45, 2.75) is 33.1 Å². The van der Waals surface area contributed by atoms with Gasteiger partial charge in [-0.1, -0.05) is 29.3 Å². The van der Waals surface area contributed by atoms with Crippen molar-refractivity contribution in [2.24, 2.45) is 17.6 Å². The normalized spacial score (nSPS) is 25.0. The predicted octanol–water partition coefficient (Wildman–Crippen LogP) is 2.83. The van der Waals surface area contributed by atoms with Crippen LogP contribution < -0.4 is 5.73 Å². The average Bonchev–Trinajstić information content (AvgIpc) is 2.12. The second-order valence-corrected chi connectivity index (χ2v) is 5.03. The summed E-state index contributed by atoms with van der Waals surface area (Å²) in [5.41, 5.74) is 10.00. The zero-order valence-electron chi connectivity index (χ0n) is 9.79. The van der Waals surface area contributed by atoms with E-state index in [1.807, 2.05) is 0 Å². The summed E-state index contributed by atoms with van der Waals surface area (Å²) in [5.74, 6) is 1.63. The van der Waals surface area contributed by atoms with Gasteiger partial charge in [-0.05, 0) is 57.1 Å². The van der Waals surface area contributed by atoms with Crippen LogP contribution in [0, 0.1) is 25.7 Å². The van der Waals surface area contributed by atoms with Crippen LogP contribution in [0.1, 0.15) is 29.5 Å². The maximum Gasteiger partial charge on any atom is -0.00461 e. The Kier molecular flexibility index (Phi) is 3.11. The van der Waals surface area contributed by atoms with Gasteiger partial charge in [-0.3, -0.25) is 0 Å². The minimum Gasteiger partial charge on any atom is -0.330 e. The molecule has 1 saturated carbocycles. The van der Waals surface area contributed by atoms with Crippen molar-refractivity contribution in [2.75, 3.05) is 6.54 Å². The van der Waals surface area contributed by atoms with E-state index < -0.39 is 0 Å². The minimum absolute atomic E-state index is 0.783. The first kappa shape index (κ1) is 10.7. The molecule has 0 heterocycles. The van der Waals surface area contributed by atoms with Crippen molar-refractivity contribution in [3.63, 3.8) is 0 Å². The molecule has 2 unspecified atom stereocenters. The maximum atomic E-state index is 5.74. The molecular weight excluding hydrogens is 182 g/mol. The van der Waals surface area contributed by atoms with Crippen LogP contribution in [0.5, 0.6) is 0 Å². The molecule has 0 aromatic heterocycles. The Balaban J connectivity index is 2.04. The molecule has 0 radical (unpaired) electrons. The van der Waals surface area contributed by atoms with Crippen LogP contribution in [-0.2, 0) is 6.42 Å². The zero-order chi connectivity index (χ0) is 10.8. The van der Waals surface area contributed by atoms with Gasteiger partial charge in [-0.15, -0.1) is 0 Å². The van der Waals surface area contributed by atoms with Gasteiger partial charge in [-0.25, -0.2) is 0 Å². The van der Waals surface area contributed by atoms with Gasteiger partial charge in [0.2, 0.25) is 0 Å². The fraction of sp³-hybridized carbons (Fsp3) is 0.571. The van der Waals surface area contributed by atoms with E-state index in [0.29, 0.717) is 0 Å². The standard InChI is InChI=1S/C14H21N/c1-10-5-11(2)7-12(6-10)8-13-3-4-14(13)9-15/h5-7,13-14H,3-4,8-9,15H2,1-2H3. The Morgan fingerprint density at radius 2 is 1.67 bits per heavy atom. The molecular formula is C14H21N. The third-order valence-corrected chi connectivity index (χ3v) is 3.66. The largest absolute Gasteiger partial charge is 0.330 e. The predicted molar refractivity (Wildman–Crippen MR) is 64.9 cm³/mol. The van der Waals surface area contributed by atoms with Crippen LogP contribution in [0.2, 0.25) is 0 Å². The van der Waals surface area contributed by atoms with Crippen LogP contribution in [0.25, 0.3) is 0 Å². The van der Waals surface area contributed by atoms with Crippen molar-refractivity contribution >= 4 is 0 Å². The van der Waals surface area contributed by atoms with Gasteiger partial charge < -0.3 is 5.73 Å². The number of aryl methyl sites for hydroxylation is 2.